The van der Waals surface area contributed by atoms with Crippen molar-refractivity contribution in [1.82, 2.24) is 9.80 Å². The van der Waals surface area contributed by atoms with E-state index in [0.717, 1.165) is 6.42 Å². The third-order valence-corrected chi connectivity index (χ3v) is 7.83. The number of carbonyl (C=O) groups excluding carboxylic acids is 3. The first-order valence-corrected chi connectivity index (χ1v) is 12.2. The summed E-state index contributed by atoms with van der Waals surface area (Å²) in [6, 6.07) is -0.931. The van der Waals surface area contributed by atoms with Crippen LogP contribution in [-0.2, 0) is 23.9 Å². The second-order valence-corrected chi connectivity index (χ2v) is 11.0. The van der Waals surface area contributed by atoms with Gasteiger partial charge < -0.3 is 24.4 Å². The molecule has 2 amide bonds. The Labute approximate surface area is 202 Å². The number of esters is 1. The number of hydrogen-bond donors (Lipinski definition) is 1. The molecule has 0 aliphatic carbocycles. The van der Waals surface area contributed by atoms with E-state index >= 15 is 0 Å². The van der Waals surface area contributed by atoms with E-state index in [0.29, 0.717) is 19.4 Å². The molecule has 3 aliphatic heterocycles. The number of ether oxygens (including phenoxy) is 2. The zero-order valence-electron chi connectivity index (χ0n) is 21.2. The van der Waals surface area contributed by atoms with Crippen LogP contribution in [-0.4, -0.2) is 81.8 Å². The largest absolute Gasteiger partial charge is 0.465 e. The zero-order valence-corrected chi connectivity index (χ0v) is 21.2. The van der Waals surface area contributed by atoms with E-state index in [1.54, 1.807) is 17.1 Å². The Morgan fingerprint density at radius 1 is 1.32 bits per heavy atom. The third-order valence-electron chi connectivity index (χ3n) is 7.83. The van der Waals surface area contributed by atoms with Crippen molar-refractivity contribution in [1.29, 1.82) is 0 Å². The Morgan fingerprint density at radius 3 is 2.56 bits per heavy atom. The fourth-order valence-electron chi connectivity index (χ4n) is 6.19. The molecular formula is C26H40N2O6. The Hall–Kier alpha value is -2.19. The average Bonchev–Trinajstić information content (AvgIpc) is 3.26. The molecule has 3 unspecified atom stereocenters. The zero-order chi connectivity index (χ0) is 25.5. The van der Waals surface area contributed by atoms with Gasteiger partial charge in [-0.15, -0.1) is 13.2 Å². The highest BCUT2D eigenvalue weighted by Gasteiger charge is 2.80. The molecule has 34 heavy (non-hydrogen) atoms. The van der Waals surface area contributed by atoms with E-state index in [4.69, 9.17) is 9.47 Å². The molecular weight excluding hydrogens is 436 g/mol. The van der Waals surface area contributed by atoms with Gasteiger partial charge in [0.1, 0.15) is 17.6 Å². The Morgan fingerprint density at radius 2 is 2.00 bits per heavy atom. The predicted molar refractivity (Wildman–Crippen MR) is 128 cm³/mol. The highest BCUT2D eigenvalue weighted by molar-refractivity contribution is 5.98. The summed E-state index contributed by atoms with van der Waals surface area (Å²) in [6.07, 6.45) is 5.27. The second kappa shape index (κ2) is 9.46. The molecule has 6 atom stereocenters. The van der Waals surface area contributed by atoms with Crippen LogP contribution in [0.3, 0.4) is 0 Å². The maximum atomic E-state index is 14.1. The van der Waals surface area contributed by atoms with Crippen LogP contribution in [0.25, 0.3) is 0 Å². The molecule has 2 bridgehead atoms. The first kappa shape index (κ1) is 26.4. The molecule has 3 rings (SSSR count). The van der Waals surface area contributed by atoms with Crippen LogP contribution in [0.15, 0.2) is 25.3 Å². The van der Waals surface area contributed by atoms with Crippen LogP contribution in [0.5, 0.6) is 0 Å². The molecule has 190 valence electrons. The molecule has 8 heteroatoms. The number of aliphatic hydroxyl groups excluding tert-OH is 1. The SMILES string of the molecule is C=CCCCOC(=O)[C@H]1[C@H]2C(=O)N(CCO)C(C(=O)N(CC=C)C(C)(C)C)C23CC(C)[C@]1(C)O3. The lowest BCUT2D eigenvalue weighted by Gasteiger charge is -2.42. The van der Waals surface area contributed by atoms with Gasteiger partial charge in [-0.2, -0.15) is 0 Å². The van der Waals surface area contributed by atoms with Gasteiger partial charge in [0.25, 0.3) is 0 Å². The van der Waals surface area contributed by atoms with Gasteiger partial charge in [0.2, 0.25) is 11.8 Å². The minimum absolute atomic E-state index is 0.00484. The molecule has 3 saturated heterocycles. The molecule has 1 spiro atoms. The minimum atomic E-state index is -1.15. The number of β-amino-alcohol motifs (C(OH)–C–C–N with tert-alkyl or cyclic N) is 1. The summed E-state index contributed by atoms with van der Waals surface area (Å²) < 4.78 is 12.2. The number of carbonyl (C=O) groups is 3. The number of amides is 2. The van der Waals surface area contributed by atoms with Gasteiger partial charge in [-0.25, -0.2) is 0 Å². The molecule has 0 aromatic carbocycles. The van der Waals surface area contributed by atoms with Crippen molar-refractivity contribution in [3.63, 3.8) is 0 Å². The average molecular weight is 477 g/mol. The van der Waals surface area contributed by atoms with Crippen molar-refractivity contribution in [2.75, 3.05) is 26.3 Å². The lowest BCUT2D eigenvalue weighted by molar-refractivity contribution is -0.163. The van der Waals surface area contributed by atoms with Crippen molar-refractivity contribution in [3.05, 3.63) is 25.3 Å². The smallest absolute Gasteiger partial charge is 0.312 e. The van der Waals surface area contributed by atoms with E-state index in [1.165, 1.54) is 4.90 Å². The van der Waals surface area contributed by atoms with Crippen LogP contribution in [0.4, 0.5) is 0 Å². The Bertz CT molecular complexity index is 851. The number of nitrogens with zero attached hydrogens (tertiary/aromatic N) is 2. The quantitative estimate of drug-likeness (QED) is 0.295. The van der Waals surface area contributed by atoms with Gasteiger partial charge in [-0.3, -0.25) is 14.4 Å². The minimum Gasteiger partial charge on any atom is -0.465 e. The molecule has 3 heterocycles. The monoisotopic (exact) mass is 476 g/mol. The highest BCUT2D eigenvalue weighted by Crippen LogP contribution is 2.65. The molecule has 0 aromatic rings. The van der Waals surface area contributed by atoms with Crippen LogP contribution in [0.1, 0.15) is 53.9 Å². The van der Waals surface area contributed by atoms with Gasteiger partial charge in [0, 0.05) is 18.6 Å². The standard InChI is InChI=1S/C26H40N2O6/c1-8-10-11-15-33-23(32)19-18-21(30)27(13-14-29)20(22(31)28(12-9-2)24(4,5)6)26(18)16-17(3)25(19,7)34-26/h8-9,17-20,29H,1-2,10-16H2,3-7H3/t17?,18-,19+,20?,25-,26?/m0/s1. The molecule has 1 N–H and O–H groups in total. The number of fused-ring (bicyclic) bond motifs is 1. The van der Waals surface area contributed by atoms with Crippen molar-refractivity contribution < 1.29 is 29.0 Å². The summed E-state index contributed by atoms with van der Waals surface area (Å²) in [5.41, 5.74) is -2.58. The molecule has 0 aromatic heterocycles. The summed E-state index contributed by atoms with van der Waals surface area (Å²) in [6.45, 7) is 17.4. The number of likely N-dealkylation sites (tertiary alicyclic amines) is 1. The summed E-state index contributed by atoms with van der Waals surface area (Å²) in [4.78, 5) is 44.3. The lowest BCUT2D eigenvalue weighted by atomic mass is 9.62. The van der Waals surface area contributed by atoms with E-state index in [9.17, 15) is 19.5 Å². The van der Waals surface area contributed by atoms with Gasteiger partial charge in [0.05, 0.1) is 24.7 Å². The fraction of sp³-hybridized carbons (Fsp3) is 0.731. The van der Waals surface area contributed by atoms with E-state index < -0.39 is 40.6 Å². The van der Waals surface area contributed by atoms with Gasteiger partial charge in [-0.1, -0.05) is 19.1 Å². The maximum absolute atomic E-state index is 14.1. The molecule has 8 nitrogen and oxygen atoms in total. The predicted octanol–water partition coefficient (Wildman–Crippen LogP) is 2.31. The van der Waals surface area contributed by atoms with E-state index in [2.05, 4.69) is 13.2 Å². The third kappa shape index (κ3) is 3.98. The van der Waals surface area contributed by atoms with Gasteiger partial charge in [0.15, 0.2) is 0 Å². The van der Waals surface area contributed by atoms with Crippen molar-refractivity contribution >= 4 is 17.8 Å². The van der Waals surface area contributed by atoms with Crippen LogP contribution in [0.2, 0.25) is 0 Å². The van der Waals surface area contributed by atoms with Crippen LogP contribution in [0, 0.1) is 17.8 Å². The highest BCUT2D eigenvalue weighted by atomic mass is 16.6. The summed E-state index contributed by atoms with van der Waals surface area (Å²) >= 11 is 0. The number of allylic oxidation sites excluding steroid dienone is 1. The summed E-state index contributed by atoms with van der Waals surface area (Å²) in [5, 5.41) is 9.75. The first-order chi connectivity index (χ1) is 15.9. The van der Waals surface area contributed by atoms with E-state index in [1.807, 2.05) is 34.6 Å². The molecule has 0 radical (unpaired) electrons. The van der Waals surface area contributed by atoms with Crippen molar-refractivity contribution in [2.24, 2.45) is 17.8 Å². The normalized spacial score (nSPS) is 34.2. The maximum Gasteiger partial charge on any atom is 0.312 e. The Balaban J connectivity index is 2.04. The number of unbranched alkanes of at least 4 members (excludes halogenated alkanes) is 1. The fourth-order valence-corrected chi connectivity index (χ4v) is 6.19. The topological polar surface area (TPSA) is 96.4 Å². The van der Waals surface area contributed by atoms with Crippen LogP contribution < -0.4 is 0 Å². The first-order valence-electron chi connectivity index (χ1n) is 12.2. The second-order valence-electron chi connectivity index (χ2n) is 11.0. The van der Waals surface area contributed by atoms with Crippen molar-refractivity contribution in [2.45, 2.75) is 76.7 Å². The van der Waals surface area contributed by atoms with Gasteiger partial charge >= 0.3 is 5.97 Å². The number of hydrogen-bond acceptors (Lipinski definition) is 6. The summed E-state index contributed by atoms with van der Waals surface area (Å²) in [5.74, 6) is -2.75. The lowest BCUT2D eigenvalue weighted by Crippen LogP contribution is -2.60. The van der Waals surface area contributed by atoms with Crippen molar-refractivity contribution in [3.8, 4) is 0 Å². The summed E-state index contributed by atoms with van der Waals surface area (Å²) in [7, 11) is 0. The molecule has 3 fully saturated rings. The molecule has 0 saturated carbocycles. The van der Waals surface area contributed by atoms with Crippen LogP contribution >= 0.6 is 0 Å². The number of aliphatic hydroxyl groups is 1. The Kier molecular flexibility index (Phi) is 7.35. The number of rotatable bonds is 10. The van der Waals surface area contributed by atoms with E-state index in [-0.39, 0.29) is 37.5 Å². The molecule has 3 aliphatic rings. The van der Waals surface area contributed by atoms with Gasteiger partial charge in [-0.05, 0) is 52.9 Å².